The first-order chi connectivity index (χ1) is 8.03. The Balaban J connectivity index is 2.64. The van der Waals surface area contributed by atoms with Crippen LogP contribution in [0.25, 0.3) is 0 Å². The van der Waals surface area contributed by atoms with Crippen molar-refractivity contribution in [2.75, 3.05) is 7.11 Å². The second kappa shape index (κ2) is 4.06. The Bertz CT molecular complexity index is 459. The number of carboxylic acid groups (broad SMARTS) is 1. The molecule has 1 saturated carbocycles. The summed E-state index contributed by atoms with van der Waals surface area (Å²) in [4.78, 5) is 11.6. The first-order valence-electron chi connectivity index (χ1n) is 5.91. The van der Waals surface area contributed by atoms with Crippen LogP contribution in [0.5, 0.6) is 5.75 Å². The van der Waals surface area contributed by atoms with Gasteiger partial charge in [0.15, 0.2) is 0 Å². The molecule has 0 heterocycles. The molecule has 0 aromatic heterocycles. The SMILES string of the molecule is COc1ccc(C)c(C)c1C1(C(=O)O)CCC1. The van der Waals surface area contributed by atoms with Gasteiger partial charge in [0, 0.05) is 5.56 Å². The Labute approximate surface area is 101 Å². The number of hydrogen-bond acceptors (Lipinski definition) is 2. The Morgan fingerprint density at radius 3 is 2.41 bits per heavy atom. The minimum atomic E-state index is -0.726. The zero-order valence-electron chi connectivity index (χ0n) is 10.5. The van der Waals surface area contributed by atoms with Gasteiger partial charge in [-0.3, -0.25) is 4.79 Å². The number of rotatable bonds is 3. The predicted molar refractivity (Wildman–Crippen MR) is 65.6 cm³/mol. The molecule has 2 rings (SSSR count). The zero-order chi connectivity index (χ0) is 12.6. The lowest BCUT2D eigenvalue weighted by Gasteiger charge is -2.40. The minimum Gasteiger partial charge on any atom is -0.496 e. The number of carbonyl (C=O) groups is 1. The highest BCUT2D eigenvalue weighted by Crippen LogP contribution is 2.49. The Kier molecular flexibility index (Phi) is 2.86. The van der Waals surface area contributed by atoms with Crippen molar-refractivity contribution in [3.05, 3.63) is 28.8 Å². The first kappa shape index (κ1) is 12.0. The summed E-state index contributed by atoms with van der Waals surface area (Å²) in [5.41, 5.74) is 2.32. The molecular weight excluding hydrogens is 216 g/mol. The lowest BCUT2D eigenvalue weighted by atomic mass is 9.63. The van der Waals surface area contributed by atoms with Gasteiger partial charge in [-0.25, -0.2) is 0 Å². The second-order valence-electron chi connectivity index (χ2n) is 4.83. The fourth-order valence-electron chi connectivity index (χ4n) is 2.66. The number of hydrogen-bond donors (Lipinski definition) is 1. The van der Waals surface area contributed by atoms with E-state index in [1.165, 1.54) is 0 Å². The van der Waals surface area contributed by atoms with Crippen molar-refractivity contribution in [1.29, 1.82) is 0 Å². The number of ether oxygens (including phenoxy) is 1. The molecule has 0 bridgehead atoms. The van der Waals surface area contributed by atoms with Crippen molar-refractivity contribution in [2.24, 2.45) is 0 Å². The minimum absolute atomic E-state index is 0.704. The average molecular weight is 234 g/mol. The molecule has 0 radical (unpaired) electrons. The largest absolute Gasteiger partial charge is 0.496 e. The van der Waals surface area contributed by atoms with Gasteiger partial charge >= 0.3 is 5.97 Å². The maximum atomic E-state index is 11.6. The highest BCUT2D eigenvalue weighted by atomic mass is 16.5. The van der Waals surface area contributed by atoms with E-state index in [9.17, 15) is 9.90 Å². The van der Waals surface area contributed by atoms with Crippen LogP contribution < -0.4 is 4.74 Å². The van der Waals surface area contributed by atoms with Crippen LogP contribution >= 0.6 is 0 Å². The molecule has 92 valence electrons. The van der Waals surface area contributed by atoms with E-state index in [4.69, 9.17) is 4.74 Å². The Morgan fingerprint density at radius 2 is 2.00 bits per heavy atom. The Morgan fingerprint density at radius 1 is 1.35 bits per heavy atom. The van der Waals surface area contributed by atoms with Crippen molar-refractivity contribution in [3.8, 4) is 5.75 Å². The van der Waals surface area contributed by atoms with Crippen molar-refractivity contribution >= 4 is 5.97 Å². The van der Waals surface area contributed by atoms with Crippen LogP contribution in [0, 0.1) is 13.8 Å². The standard InChI is InChI=1S/C14H18O3/c1-9-5-6-11(17-3)12(10(9)2)14(13(15)16)7-4-8-14/h5-6H,4,7-8H2,1-3H3,(H,15,16). The third-order valence-electron chi connectivity index (χ3n) is 4.01. The quantitative estimate of drug-likeness (QED) is 0.874. The molecule has 1 N–H and O–H groups in total. The molecule has 0 saturated heterocycles. The van der Waals surface area contributed by atoms with Crippen LogP contribution in [-0.2, 0) is 10.2 Å². The van der Waals surface area contributed by atoms with E-state index in [0.717, 1.165) is 23.1 Å². The second-order valence-corrected chi connectivity index (χ2v) is 4.83. The van der Waals surface area contributed by atoms with Gasteiger partial charge in [0.25, 0.3) is 0 Å². The third-order valence-corrected chi connectivity index (χ3v) is 4.01. The van der Waals surface area contributed by atoms with Gasteiger partial charge in [-0.1, -0.05) is 12.5 Å². The molecule has 1 aliphatic carbocycles. The van der Waals surface area contributed by atoms with Gasteiger partial charge in [0.05, 0.1) is 12.5 Å². The van der Waals surface area contributed by atoms with E-state index in [-0.39, 0.29) is 0 Å². The van der Waals surface area contributed by atoms with E-state index in [0.29, 0.717) is 18.6 Å². The smallest absolute Gasteiger partial charge is 0.314 e. The van der Waals surface area contributed by atoms with E-state index in [1.807, 2.05) is 26.0 Å². The molecule has 17 heavy (non-hydrogen) atoms. The zero-order valence-corrected chi connectivity index (χ0v) is 10.5. The van der Waals surface area contributed by atoms with Gasteiger partial charge < -0.3 is 9.84 Å². The summed E-state index contributed by atoms with van der Waals surface area (Å²) in [5.74, 6) is -0.0223. The van der Waals surface area contributed by atoms with Crippen LogP contribution in [0.1, 0.15) is 36.0 Å². The molecule has 1 aromatic carbocycles. The van der Waals surface area contributed by atoms with Crippen molar-refractivity contribution in [1.82, 2.24) is 0 Å². The van der Waals surface area contributed by atoms with E-state index in [2.05, 4.69) is 0 Å². The summed E-state index contributed by atoms with van der Waals surface area (Å²) in [6.45, 7) is 3.99. The molecule has 0 spiro atoms. The van der Waals surface area contributed by atoms with Gasteiger partial charge in [0.1, 0.15) is 5.75 Å². The number of methoxy groups -OCH3 is 1. The van der Waals surface area contributed by atoms with Crippen molar-refractivity contribution < 1.29 is 14.6 Å². The monoisotopic (exact) mass is 234 g/mol. The van der Waals surface area contributed by atoms with Gasteiger partial charge in [0.2, 0.25) is 0 Å². The Hall–Kier alpha value is -1.51. The number of aryl methyl sites for hydroxylation is 1. The van der Waals surface area contributed by atoms with Crippen LogP contribution in [0.3, 0.4) is 0 Å². The highest BCUT2D eigenvalue weighted by Gasteiger charge is 2.48. The summed E-state index contributed by atoms with van der Waals surface area (Å²) >= 11 is 0. The molecule has 1 aliphatic rings. The number of benzene rings is 1. The molecule has 0 amide bonds. The number of carboxylic acids is 1. The van der Waals surface area contributed by atoms with Crippen molar-refractivity contribution in [3.63, 3.8) is 0 Å². The van der Waals surface area contributed by atoms with Gasteiger partial charge in [-0.2, -0.15) is 0 Å². The van der Waals surface area contributed by atoms with E-state index in [1.54, 1.807) is 7.11 Å². The molecule has 1 aromatic rings. The molecule has 3 nitrogen and oxygen atoms in total. The number of aliphatic carboxylic acids is 1. The van der Waals surface area contributed by atoms with Crippen LogP contribution in [0.4, 0.5) is 0 Å². The lowest BCUT2D eigenvalue weighted by Crippen LogP contribution is -2.43. The topological polar surface area (TPSA) is 46.5 Å². The summed E-state index contributed by atoms with van der Waals surface area (Å²) in [5, 5.41) is 9.52. The molecule has 0 unspecified atom stereocenters. The molecule has 1 fully saturated rings. The third kappa shape index (κ3) is 1.61. The van der Waals surface area contributed by atoms with Crippen molar-refractivity contribution in [2.45, 2.75) is 38.5 Å². The highest BCUT2D eigenvalue weighted by molar-refractivity contribution is 5.84. The maximum absolute atomic E-state index is 11.6. The normalized spacial score (nSPS) is 17.4. The summed E-state index contributed by atoms with van der Waals surface area (Å²) in [7, 11) is 1.60. The summed E-state index contributed by atoms with van der Waals surface area (Å²) in [6, 6.07) is 3.85. The fourth-order valence-corrected chi connectivity index (χ4v) is 2.66. The fraction of sp³-hybridized carbons (Fsp3) is 0.500. The first-order valence-corrected chi connectivity index (χ1v) is 5.91. The van der Waals surface area contributed by atoms with Crippen LogP contribution in [-0.4, -0.2) is 18.2 Å². The average Bonchev–Trinajstić information content (AvgIpc) is 2.22. The molecule has 0 aliphatic heterocycles. The molecular formula is C14H18O3. The predicted octanol–water partition coefficient (Wildman–Crippen LogP) is 2.82. The van der Waals surface area contributed by atoms with Crippen LogP contribution in [0.2, 0.25) is 0 Å². The molecule has 0 atom stereocenters. The summed E-state index contributed by atoms with van der Waals surface area (Å²) in [6.07, 6.45) is 2.40. The molecule has 3 heteroatoms. The van der Waals surface area contributed by atoms with Gasteiger partial charge in [-0.05, 0) is 43.9 Å². The van der Waals surface area contributed by atoms with E-state index < -0.39 is 11.4 Å². The van der Waals surface area contributed by atoms with E-state index >= 15 is 0 Å². The van der Waals surface area contributed by atoms with Crippen LogP contribution in [0.15, 0.2) is 12.1 Å². The maximum Gasteiger partial charge on any atom is 0.314 e. The lowest BCUT2D eigenvalue weighted by molar-refractivity contribution is -0.147. The summed E-state index contributed by atoms with van der Waals surface area (Å²) < 4.78 is 5.35. The van der Waals surface area contributed by atoms with Gasteiger partial charge in [-0.15, -0.1) is 0 Å².